The fourth-order valence-electron chi connectivity index (χ4n) is 2.76. The van der Waals surface area contributed by atoms with Crippen molar-refractivity contribution in [2.75, 3.05) is 13.2 Å². The molecular formula is C17H23BN2O6. The molecule has 0 fully saturated rings. The summed E-state index contributed by atoms with van der Waals surface area (Å²) in [7, 11) is -1.80. The summed E-state index contributed by atoms with van der Waals surface area (Å²) in [6.07, 6.45) is 2.58. The van der Waals surface area contributed by atoms with Crippen LogP contribution >= 0.6 is 0 Å². The van der Waals surface area contributed by atoms with E-state index < -0.39 is 30.0 Å². The first kappa shape index (κ1) is 20.1. The molecule has 8 nitrogen and oxygen atoms in total. The molecule has 0 amide bonds. The van der Waals surface area contributed by atoms with Crippen molar-refractivity contribution in [3.05, 3.63) is 34.2 Å². The Bertz CT molecular complexity index is 872. The van der Waals surface area contributed by atoms with Crippen LogP contribution in [0.1, 0.15) is 44.1 Å². The van der Waals surface area contributed by atoms with Crippen LogP contribution in [0.3, 0.4) is 0 Å². The van der Waals surface area contributed by atoms with Crippen LogP contribution in [-0.4, -0.2) is 51.0 Å². The number of rotatable bonds is 5. The van der Waals surface area contributed by atoms with Gasteiger partial charge in [0.2, 0.25) is 5.43 Å². The van der Waals surface area contributed by atoms with Crippen LogP contribution in [0.4, 0.5) is 0 Å². The number of aromatic nitrogens is 2. The molecule has 0 saturated carbocycles. The molecule has 0 aromatic carbocycles. The molecule has 0 aliphatic heterocycles. The van der Waals surface area contributed by atoms with Gasteiger partial charge in [-0.3, -0.25) is 4.79 Å². The number of aliphatic hydroxyl groups excluding tert-OH is 1. The van der Waals surface area contributed by atoms with E-state index in [0.29, 0.717) is 0 Å². The van der Waals surface area contributed by atoms with Gasteiger partial charge in [0.25, 0.3) is 0 Å². The Kier molecular flexibility index (Phi) is 5.85. The Morgan fingerprint density at radius 3 is 2.54 bits per heavy atom. The van der Waals surface area contributed by atoms with Crippen LogP contribution in [0.2, 0.25) is 0 Å². The minimum atomic E-state index is -1.80. The zero-order valence-electron chi connectivity index (χ0n) is 15.3. The first-order valence-electron chi connectivity index (χ1n) is 8.30. The van der Waals surface area contributed by atoms with E-state index in [1.807, 2.05) is 20.8 Å². The number of fused-ring (bicyclic) bond motifs is 1. The zero-order valence-corrected chi connectivity index (χ0v) is 15.3. The molecule has 0 aliphatic carbocycles. The third kappa shape index (κ3) is 3.79. The van der Waals surface area contributed by atoms with Crippen molar-refractivity contribution in [1.82, 2.24) is 9.55 Å². The highest BCUT2D eigenvalue weighted by molar-refractivity contribution is 6.58. The van der Waals surface area contributed by atoms with Gasteiger partial charge in [-0.15, -0.1) is 0 Å². The quantitative estimate of drug-likeness (QED) is 0.499. The van der Waals surface area contributed by atoms with Gasteiger partial charge < -0.3 is 24.5 Å². The first-order valence-corrected chi connectivity index (χ1v) is 8.30. The first-order chi connectivity index (χ1) is 12.1. The number of aliphatic hydroxyl groups is 1. The normalized spacial score (nSPS) is 12.9. The average Bonchev–Trinajstić information content (AvgIpc) is 2.56. The van der Waals surface area contributed by atoms with E-state index in [4.69, 9.17) is 4.74 Å². The molecule has 2 heterocycles. The van der Waals surface area contributed by atoms with Crippen molar-refractivity contribution in [2.45, 2.75) is 33.7 Å². The lowest BCUT2D eigenvalue weighted by atomic mass is 9.81. The van der Waals surface area contributed by atoms with Gasteiger partial charge in [0.1, 0.15) is 11.2 Å². The van der Waals surface area contributed by atoms with Crippen molar-refractivity contribution in [1.29, 1.82) is 0 Å². The molecule has 0 aliphatic rings. The second-order valence-corrected chi connectivity index (χ2v) is 7.08. The summed E-state index contributed by atoms with van der Waals surface area (Å²) in [5, 5.41) is 28.7. The Hall–Kier alpha value is -2.23. The lowest BCUT2D eigenvalue weighted by Gasteiger charge is -2.32. The van der Waals surface area contributed by atoms with Crippen molar-refractivity contribution >= 4 is 29.6 Å². The second kappa shape index (κ2) is 7.57. The Balaban J connectivity index is 2.87. The van der Waals surface area contributed by atoms with Crippen molar-refractivity contribution in [3.63, 3.8) is 0 Å². The van der Waals surface area contributed by atoms with E-state index in [2.05, 4.69) is 4.98 Å². The van der Waals surface area contributed by atoms with Gasteiger partial charge >= 0.3 is 13.1 Å². The molecule has 26 heavy (non-hydrogen) atoms. The molecule has 0 spiro atoms. The topological polar surface area (TPSA) is 122 Å². The van der Waals surface area contributed by atoms with Crippen LogP contribution in [0.5, 0.6) is 0 Å². The summed E-state index contributed by atoms with van der Waals surface area (Å²) in [6.45, 7) is 7.22. The fraction of sp³-hybridized carbons (Fsp3) is 0.471. The van der Waals surface area contributed by atoms with Gasteiger partial charge in [-0.05, 0) is 18.4 Å². The minimum absolute atomic E-state index is 0.0264. The smallest absolute Gasteiger partial charge is 0.462 e. The molecule has 0 saturated heterocycles. The van der Waals surface area contributed by atoms with Gasteiger partial charge in [-0.1, -0.05) is 20.8 Å². The zero-order chi connectivity index (χ0) is 19.6. The number of hydrogen-bond acceptors (Lipinski definition) is 7. The summed E-state index contributed by atoms with van der Waals surface area (Å²) in [5.41, 5.74) is -0.955. The van der Waals surface area contributed by atoms with Gasteiger partial charge in [0.05, 0.1) is 24.6 Å². The number of carbonyl (C=O) groups excluding carboxylic acids is 1. The average molecular weight is 362 g/mol. The molecule has 0 radical (unpaired) electrons. The van der Waals surface area contributed by atoms with Crippen LogP contribution in [0.15, 0.2) is 23.3 Å². The maximum absolute atomic E-state index is 12.8. The number of carbonyl (C=O) groups is 1. The summed E-state index contributed by atoms with van der Waals surface area (Å²) >= 11 is 0. The van der Waals surface area contributed by atoms with Gasteiger partial charge in [0, 0.05) is 17.9 Å². The monoisotopic (exact) mass is 362 g/mol. The number of nitrogens with zero attached hydrogens (tertiary/aromatic N) is 2. The van der Waals surface area contributed by atoms with Gasteiger partial charge in [-0.25, -0.2) is 9.78 Å². The fourth-order valence-corrected chi connectivity index (χ4v) is 2.76. The lowest BCUT2D eigenvalue weighted by molar-refractivity contribution is 0.0522. The standard InChI is InChI=1S/C17H23BN2O6/c1-5-26-16(23)12-8-20(13(9-21)17(2,3)4)15-11(14(12)22)6-10(7-19-15)18(24)25/h6-8,13,21,24-25H,5,9H2,1-4H3. The molecule has 3 N–H and O–H groups in total. The van der Waals surface area contributed by atoms with Gasteiger partial charge in [0.15, 0.2) is 0 Å². The molecule has 2 aromatic rings. The number of ether oxygens (including phenoxy) is 1. The summed E-state index contributed by atoms with van der Waals surface area (Å²) in [4.78, 5) is 29.1. The highest BCUT2D eigenvalue weighted by Crippen LogP contribution is 2.31. The van der Waals surface area contributed by atoms with E-state index in [1.165, 1.54) is 18.5 Å². The molecule has 2 aromatic heterocycles. The highest BCUT2D eigenvalue weighted by Gasteiger charge is 2.29. The predicted octanol–water partition coefficient (Wildman–Crippen LogP) is -0.168. The van der Waals surface area contributed by atoms with E-state index in [1.54, 1.807) is 11.5 Å². The number of hydrogen-bond donors (Lipinski definition) is 3. The van der Waals surface area contributed by atoms with E-state index in [0.717, 1.165) is 0 Å². The molecule has 1 atom stereocenters. The SMILES string of the molecule is CCOC(=O)c1cn(C(CO)C(C)(C)C)c2ncc(B(O)O)cc2c1=O. The van der Waals surface area contributed by atoms with Crippen LogP contribution in [0.25, 0.3) is 11.0 Å². The molecule has 1 unspecified atom stereocenters. The summed E-state index contributed by atoms with van der Waals surface area (Å²) < 4.78 is 6.52. The molecule has 140 valence electrons. The Morgan fingerprint density at radius 2 is 2.04 bits per heavy atom. The van der Waals surface area contributed by atoms with E-state index in [9.17, 15) is 24.7 Å². The predicted molar refractivity (Wildman–Crippen MR) is 97.4 cm³/mol. The van der Waals surface area contributed by atoms with Crippen molar-refractivity contribution in [2.24, 2.45) is 5.41 Å². The number of esters is 1. The third-order valence-electron chi connectivity index (χ3n) is 4.19. The molecule has 0 bridgehead atoms. The van der Waals surface area contributed by atoms with Crippen molar-refractivity contribution in [3.8, 4) is 0 Å². The van der Waals surface area contributed by atoms with Crippen LogP contribution in [0, 0.1) is 5.41 Å². The largest absolute Gasteiger partial charge is 0.490 e. The minimum Gasteiger partial charge on any atom is -0.462 e. The van der Waals surface area contributed by atoms with Crippen molar-refractivity contribution < 1.29 is 24.7 Å². The third-order valence-corrected chi connectivity index (χ3v) is 4.19. The number of pyridine rings is 2. The Morgan fingerprint density at radius 1 is 1.38 bits per heavy atom. The molecule has 9 heteroatoms. The summed E-state index contributed by atoms with van der Waals surface area (Å²) in [6, 6.07) is 0.808. The highest BCUT2D eigenvalue weighted by atomic mass is 16.5. The molecular weight excluding hydrogens is 339 g/mol. The molecule has 2 rings (SSSR count). The van der Waals surface area contributed by atoms with Gasteiger partial charge in [-0.2, -0.15) is 0 Å². The lowest BCUT2D eigenvalue weighted by Crippen LogP contribution is -2.34. The maximum atomic E-state index is 12.8. The maximum Gasteiger partial charge on any atom is 0.490 e. The Labute approximate surface area is 151 Å². The van der Waals surface area contributed by atoms with E-state index in [-0.39, 0.29) is 35.3 Å². The summed E-state index contributed by atoms with van der Waals surface area (Å²) in [5.74, 6) is -0.784. The van der Waals surface area contributed by atoms with Crippen LogP contribution < -0.4 is 10.9 Å². The second-order valence-electron chi connectivity index (χ2n) is 7.08. The van der Waals surface area contributed by atoms with Crippen LogP contribution in [-0.2, 0) is 4.74 Å². The van der Waals surface area contributed by atoms with E-state index >= 15 is 0 Å².